The topological polar surface area (TPSA) is 114 Å². The van der Waals surface area contributed by atoms with Crippen LogP contribution >= 0.6 is 0 Å². The molecule has 0 bridgehead atoms. The smallest absolute Gasteiger partial charge is 0.269 e. The number of nitrogens with one attached hydrogen (secondary N) is 3. The summed E-state index contributed by atoms with van der Waals surface area (Å²) in [4.78, 5) is 30.7. The summed E-state index contributed by atoms with van der Waals surface area (Å²) in [6.07, 6.45) is 6.71. The molecule has 3 aliphatic rings. The number of aromatic amines is 1. The van der Waals surface area contributed by atoms with Crippen molar-refractivity contribution >= 4 is 22.8 Å². The van der Waals surface area contributed by atoms with Crippen molar-refractivity contribution in [2.75, 3.05) is 13.2 Å². The molecule has 3 saturated carbocycles. The molecule has 0 spiro atoms. The third kappa shape index (κ3) is 10.3. The molecule has 3 aromatic rings. The van der Waals surface area contributed by atoms with Gasteiger partial charge in [0.15, 0.2) is 0 Å². The van der Waals surface area contributed by atoms with E-state index in [0.717, 1.165) is 16.6 Å². The molecule has 43 heavy (non-hydrogen) atoms. The first-order chi connectivity index (χ1) is 20.4. The number of alkyl halides is 4. The fourth-order valence-electron chi connectivity index (χ4n) is 4.67. The molecular formula is C30H40F4N6O3. The van der Waals surface area contributed by atoms with E-state index in [1.165, 1.54) is 19.3 Å². The van der Waals surface area contributed by atoms with Crippen LogP contribution < -0.4 is 10.6 Å². The first kappa shape index (κ1) is 32.4. The number of hydrogen-bond donors (Lipinski definition) is 3. The van der Waals surface area contributed by atoms with Gasteiger partial charge in [-0.15, -0.1) is 0 Å². The van der Waals surface area contributed by atoms with E-state index < -0.39 is 11.8 Å². The Bertz CT molecular complexity index is 1340. The van der Waals surface area contributed by atoms with E-state index in [2.05, 4.69) is 25.7 Å². The van der Waals surface area contributed by atoms with E-state index in [-0.39, 0.29) is 68.6 Å². The number of nitrogens with zero attached hydrogens (tertiary/aromatic N) is 3. The fourth-order valence-corrected chi connectivity index (χ4v) is 4.67. The number of carbonyl (C=O) groups excluding carboxylic acids is 2. The van der Waals surface area contributed by atoms with E-state index in [0.29, 0.717) is 18.8 Å². The van der Waals surface area contributed by atoms with Gasteiger partial charge < -0.3 is 20.4 Å². The molecule has 0 saturated heterocycles. The van der Waals surface area contributed by atoms with Crippen molar-refractivity contribution in [3.8, 4) is 0 Å². The van der Waals surface area contributed by atoms with Gasteiger partial charge in [0.25, 0.3) is 11.8 Å². The van der Waals surface area contributed by atoms with Crippen LogP contribution in [-0.4, -0.2) is 62.7 Å². The maximum Gasteiger partial charge on any atom is 0.269 e. The molecule has 0 radical (unpaired) electrons. The second-order valence-electron chi connectivity index (χ2n) is 11.7. The van der Waals surface area contributed by atoms with Crippen LogP contribution in [0.1, 0.15) is 87.3 Å². The molecule has 13 heteroatoms. The molecule has 3 aliphatic carbocycles. The average Bonchev–Trinajstić information content (AvgIpc) is 3.57. The maximum atomic E-state index is 12.7. The molecule has 0 atom stereocenters. The number of fused-ring (bicyclic) bond motifs is 1. The van der Waals surface area contributed by atoms with Gasteiger partial charge in [0.05, 0.1) is 30.1 Å². The fraction of sp³-hybridized carbons (Fsp3) is 0.600. The Kier molecular flexibility index (Phi) is 10.8. The molecule has 2 amide bonds. The van der Waals surface area contributed by atoms with Crippen molar-refractivity contribution in [1.29, 1.82) is 0 Å². The summed E-state index contributed by atoms with van der Waals surface area (Å²) in [5.41, 5.74) is 3.22. The van der Waals surface area contributed by atoms with Gasteiger partial charge >= 0.3 is 0 Å². The van der Waals surface area contributed by atoms with Crippen LogP contribution in [-0.2, 0) is 16.1 Å². The van der Waals surface area contributed by atoms with Crippen LogP contribution in [0.25, 0.3) is 11.0 Å². The van der Waals surface area contributed by atoms with Crippen LogP contribution in [0.2, 0.25) is 0 Å². The van der Waals surface area contributed by atoms with Gasteiger partial charge in [-0.3, -0.25) is 14.3 Å². The van der Waals surface area contributed by atoms with Gasteiger partial charge in [0, 0.05) is 57.4 Å². The highest BCUT2D eigenvalue weighted by atomic mass is 19.3. The zero-order valence-electron chi connectivity index (χ0n) is 24.6. The summed E-state index contributed by atoms with van der Waals surface area (Å²) >= 11 is 0. The Balaban J connectivity index is 0.000000179. The predicted molar refractivity (Wildman–Crippen MR) is 153 cm³/mol. The van der Waals surface area contributed by atoms with Crippen molar-refractivity contribution in [3.63, 3.8) is 0 Å². The third-order valence-electron chi connectivity index (χ3n) is 7.16. The molecule has 1 aromatic carbocycles. The monoisotopic (exact) mass is 608 g/mol. The molecule has 0 aliphatic heterocycles. The predicted octanol–water partition coefficient (Wildman–Crippen LogP) is 5.79. The number of rotatable bonds is 10. The largest absolute Gasteiger partial charge is 0.376 e. The summed E-state index contributed by atoms with van der Waals surface area (Å²) in [6.45, 7) is 4.80. The lowest BCUT2D eigenvalue weighted by atomic mass is 9.79. The Labute approximate surface area is 248 Å². The molecule has 3 N–H and O–H groups in total. The van der Waals surface area contributed by atoms with Gasteiger partial charge in [-0.05, 0) is 43.5 Å². The second-order valence-corrected chi connectivity index (χ2v) is 11.7. The summed E-state index contributed by atoms with van der Waals surface area (Å²) < 4.78 is 57.3. The molecule has 9 nitrogen and oxygen atoms in total. The molecular weight excluding hydrogens is 568 g/mol. The standard InChI is InChI=1S/C14H15F2N3O.C13H19F2N3O2.C3H6/c15-14(16)5-10(6-14)4-13(20)17-7-9-1-2-11-12(3-9)19-8-18-11;1-9(2)18-11(3-4-17-18)12(19)16-5-6-20-10-7-13(14,15)8-10;1-2-3-1/h1-3,8,10H,4-7H2,(H,17,20)(H,18,19);3-4,9-10H,5-8H2,1-2H3,(H,16,19);1-3H2. The van der Waals surface area contributed by atoms with Crippen molar-refractivity contribution in [2.45, 2.75) is 95.7 Å². The van der Waals surface area contributed by atoms with Gasteiger partial charge in [-0.25, -0.2) is 22.5 Å². The summed E-state index contributed by atoms with van der Waals surface area (Å²) in [7, 11) is 0. The van der Waals surface area contributed by atoms with Crippen LogP contribution in [0.5, 0.6) is 0 Å². The van der Waals surface area contributed by atoms with E-state index >= 15 is 0 Å². The van der Waals surface area contributed by atoms with Gasteiger partial charge in [-0.2, -0.15) is 5.10 Å². The minimum Gasteiger partial charge on any atom is -0.376 e. The van der Waals surface area contributed by atoms with E-state index in [9.17, 15) is 27.2 Å². The SMILES string of the molecule is C1CC1.CC(C)n1nccc1C(=O)NCCOC1CC(F)(F)C1.O=C(CC1CC(F)(F)C1)NCc1ccc2nc[nH]c2c1. The minimum absolute atomic E-state index is 0.0965. The molecule has 2 aromatic heterocycles. The molecule has 3 fully saturated rings. The van der Waals surface area contributed by atoms with Crippen LogP contribution in [0.15, 0.2) is 36.8 Å². The minimum atomic E-state index is -2.57. The third-order valence-corrected chi connectivity index (χ3v) is 7.16. The first-order valence-corrected chi connectivity index (χ1v) is 14.8. The highest BCUT2D eigenvalue weighted by Gasteiger charge is 2.46. The van der Waals surface area contributed by atoms with Crippen molar-refractivity contribution in [1.82, 2.24) is 30.4 Å². The Morgan fingerprint density at radius 3 is 2.37 bits per heavy atom. The van der Waals surface area contributed by atoms with Crippen LogP contribution in [0.3, 0.4) is 0 Å². The van der Waals surface area contributed by atoms with Gasteiger partial charge in [-0.1, -0.05) is 25.3 Å². The Morgan fingerprint density at radius 1 is 1.05 bits per heavy atom. The van der Waals surface area contributed by atoms with Crippen LogP contribution in [0.4, 0.5) is 17.6 Å². The summed E-state index contributed by atoms with van der Waals surface area (Å²) in [5, 5.41) is 9.53. The number of ether oxygens (including phenoxy) is 1. The first-order valence-electron chi connectivity index (χ1n) is 14.8. The van der Waals surface area contributed by atoms with Crippen LogP contribution in [0, 0.1) is 5.92 Å². The highest BCUT2D eigenvalue weighted by molar-refractivity contribution is 5.92. The van der Waals surface area contributed by atoms with E-state index in [1.54, 1.807) is 23.3 Å². The molecule has 6 rings (SSSR count). The van der Waals surface area contributed by atoms with Crippen molar-refractivity contribution in [2.24, 2.45) is 5.92 Å². The lowest BCUT2D eigenvalue weighted by Gasteiger charge is -2.34. The molecule has 236 valence electrons. The second kappa shape index (κ2) is 14.3. The lowest BCUT2D eigenvalue weighted by Crippen LogP contribution is -2.42. The van der Waals surface area contributed by atoms with E-state index in [4.69, 9.17) is 4.74 Å². The number of hydrogen-bond acceptors (Lipinski definition) is 5. The Hall–Kier alpha value is -3.48. The maximum absolute atomic E-state index is 12.7. The zero-order chi connectivity index (χ0) is 31.0. The number of aromatic nitrogens is 4. The quantitative estimate of drug-likeness (QED) is 0.199. The molecule has 2 heterocycles. The average molecular weight is 609 g/mol. The van der Waals surface area contributed by atoms with E-state index in [1.807, 2.05) is 32.0 Å². The number of halogens is 4. The number of imidazole rings is 1. The van der Waals surface area contributed by atoms with Gasteiger partial charge in [0.1, 0.15) is 5.69 Å². The zero-order valence-corrected chi connectivity index (χ0v) is 24.6. The van der Waals surface area contributed by atoms with Gasteiger partial charge in [0.2, 0.25) is 11.8 Å². The molecule has 0 unspecified atom stereocenters. The number of H-pyrrole nitrogens is 1. The lowest BCUT2D eigenvalue weighted by molar-refractivity contribution is -0.164. The number of benzene rings is 1. The number of carbonyl (C=O) groups is 2. The number of amides is 2. The summed E-state index contributed by atoms with van der Waals surface area (Å²) in [5.74, 6) is -5.72. The Morgan fingerprint density at radius 2 is 1.74 bits per heavy atom. The normalized spacial score (nSPS) is 18.4. The van der Waals surface area contributed by atoms with Crippen molar-refractivity contribution in [3.05, 3.63) is 48.0 Å². The van der Waals surface area contributed by atoms with Crippen molar-refractivity contribution < 1.29 is 31.9 Å². The highest BCUT2D eigenvalue weighted by Crippen LogP contribution is 2.44. The summed E-state index contributed by atoms with van der Waals surface area (Å²) in [6, 6.07) is 7.42.